The van der Waals surface area contributed by atoms with Crippen molar-refractivity contribution in [3.05, 3.63) is 111 Å². The second-order valence-corrected chi connectivity index (χ2v) is 14.0. The van der Waals surface area contributed by atoms with Gasteiger partial charge in [0, 0.05) is 56.0 Å². The number of fused-ring (bicyclic) bond motifs is 3. The Morgan fingerprint density at radius 1 is 0.729 bits per heavy atom. The van der Waals surface area contributed by atoms with Gasteiger partial charge in [-0.05, 0) is 80.4 Å². The lowest BCUT2D eigenvalue weighted by atomic mass is 9.89. The summed E-state index contributed by atoms with van der Waals surface area (Å²) in [6.45, 7) is 0.905. The molecule has 0 spiro atoms. The fraction of sp³-hybridized carbons (Fsp3) is 0.382. The molecule has 0 amide bonds. The fourth-order valence-corrected chi connectivity index (χ4v) is 8.48. The molecule has 0 unspecified atom stereocenters. The van der Waals surface area contributed by atoms with Gasteiger partial charge in [-0.25, -0.2) is 32.9 Å². The molecule has 0 aromatic carbocycles. The molecule has 248 valence electrons. The van der Waals surface area contributed by atoms with Crippen LogP contribution in [0.4, 0.5) is 13.2 Å². The van der Waals surface area contributed by atoms with E-state index in [2.05, 4.69) is 9.88 Å². The molecular formula is C34H33F3N8O2S. The second kappa shape index (κ2) is 12.5. The maximum Gasteiger partial charge on any atom is 0.333 e. The molecule has 0 N–H and O–H groups in total. The first-order chi connectivity index (χ1) is 23.3. The largest absolute Gasteiger partial charge is 0.333 e. The third-order valence-corrected chi connectivity index (χ3v) is 10.7. The third kappa shape index (κ3) is 5.80. The highest BCUT2D eigenvalue weighted by Crippen LogP contribution is 2.33. The van der Waals surface area contributed by atoms with E-state index in [1.807, 2.05) is 24.2 Å². The standard InChI is InChI=1S/C34H33F3N8O2S/c35-21-1-7-30-39-24(19-42(30)15-21)17-41(18-25-20-43-16-22(36)2-8-31(43)40-25)26-3-5-27(6-4-26)45-33(46)29-13-23(37)14-38-32(29)44(34(45)47)28-9-11-48-12-10-28/h1-2,7-8,13-16,19-20,26-28H,3-6,9-12,17-18H2/t26-,27+. The van der Waals surface area contributed by atoms with Crippen molar-refractivity contribution in [1.29, 1.82) is 0 Å². The van der Waals surface area contributed by atoms with Gasteiger partial charge in [-0.1, -0.05) is 0 Å². The Kier molecular flexibility index (Phi) is 8.07. The summed E-state index contributed by atoms with van der Waals surface area (Å²) in [5.74, 6) is 0.481. The molecule has 48 heavy (non-hydrogen) atoms. The molecular weight excluding hydrogens is 641 g/mol. The molecule has 1 aliphatic carbocycles. The number of pyridine rings is 3. The highest BCUT2D eigenvalue weighted by atomic mass is 32.2. The number of hydrogen-bond donors (Lipinski definition) is 0. The van der Waals surface area contributed by atoms with Crippen molar-refractivity contribution >= 4 is 34.1 Å². The number of aromatic nitrogens is 7. The van der Waals surface area contributed by atoms with Crippen molar-refractivity contribution in [2.75, 3.05) is 11.5 Å². The molecule has 2 fully saturated rings. The topological polar surface area (TPSA) is 94.7 Å². The molecule has 7 heterocycles. The monoisotopic (exact) mass is 674 g/mol. The Morgan fingerprint density at radius 2 is 1.31 bits per heavy atom. The van der Waals surface area contributed by atoms with Gasteiger partial charge in [-0.3, -0.25) is 18.8 Å². The van der Waals surface area contributed by atoms with Crippen LogP contribution in [0, 0.1) is 17.5 Å². The predicted octanol–water partition coefficient (Wildman–Crippen LogP) is 5.53. The smallest absolute Gasteiger partial charge is 0.304 e. The second-order valence-electron chi connectivity index (χ2n) is 12.8. The summed E-state index contributed by atoms with van der Waals surface area (Å²) in [4.78, 5) is 43.8. The lowest BCUT2D eigenvalue weighted by Crippen LogP contribution is -2.46. The number of halogens is 3. The van der Waals surface area contributed by atoms with Crippen LogP contribution in [-0.4, -0.2) is 55.3 Å². The molecule has 8 rings (SSSR count). The van der Waals surface area contributed by atoms with Gasteiger partial charge in [0.05, 0.1) is 23.0 Å². The zero-order valence-corrected chi connectivity index (χ0v) is 26.8. The van der Waals surface area contributed by atoms with E-state index in [0.717, 1.165) is 41.9 Å². The van der Waals surface area contributed by atoms with Gasteiger partial charge in [0.15, 0.2) is 0 Å². The van der Waals surface area contributed by atoms with E-state index in [0.29, 0.717) is 50.1 Å². The first-order valence-electron chi connectivity index (χ1n) is 16.2. The van der Waals surface area contributed by atoms with Gasteiger partial charge in [0.1, 0.15) is 34.4 Å². The van der Waals surface area contributed by atoms with Crippen LogP contribution in [-0.2, 0) is 13.1 Å². The van der Waals surface area contributed by atoms with Crippen molar-refractivity contribution in [2.24, 2.45) is 0 Å². The van der Waals surface area contributed by atoms with Gasteiger partial charge < -0.3 is 8.80 Å². The summed E-state index contributed by atoms with van der Waals surface area (Å²) in [6.07, 6.45) is 11.5. The average Bonchev–Trinajstić information content (AvgIpc) is 3.68. The van der Waals surface area contributed by atoms with Crippen LogP contribution in [0.3, 0.4) is 0 Å². The molecule has 1 saturated carbocycles. The minimum atomic E-state index is -0.612. The van der Waals surface area contributed by atoms with Crippen LogP contribution in [0.5, 0.6) is 0 Å². The normalized spacial score (nSPS) is 19.2. The van der Waals surface area contributed by atoms with E-state index in [4.69, 9.17) is 9.97 Å². The van der Waals surface area contributed by atoms with E-state index < -0.39 is 11.4 Å². The van der Waals surface area contributed by atoms with Crippen LogP contribution < -0.4 is 11.2 Å². The first kappa shape index (κ1) is 30.9. The Labute approximate surface area is 276 Å². The minimum Gasteiger partial charge on any atom is -0.304 e. The molecule has 10 nitrogen and oxygen atoms in total. The van der Waals surface area contributed by atoms with Crippen molar-refractivity contribution in [3.8, 4) is 0 Å². The Bertz CT molecular complexity index is 2180. The maximum atomic E-state index is 14.4. The molecule has 2 aliphatic rings. The molecule has 6 aromatic heterocycles. The zero-order valence-electron chi connectivity index (χ0n) is 26.0. The molecule has 14 heteroatoms. The van der Waals surface area contributed by atoms with Crippen LogP contribution in [0.2, 0.25) is 0 Å². The molecule has 0 radical (unpaired) electrons. The molecule has 6 aromatic rings. The predicted molar refractivity (Wildman–Crippen MR) is 177 cm³/mol. The van der Waals surface area contributed by atoms with E-state index in [1.54, 1.807) is 25.5 Å². The molecule has 1 aliphatic heterocycles. The van der Waals surface area contributed by atoms with E-state index >= 15 is 0 Å². The Morgan fingerprint density at radius 3 is 1.92 bits per heavy atom. The SMILES string of the molecule is O=c1c2cc(F)cnc2n(C2CCSCC2)c(=O)n1[C@H]1CC[C@@H](N(Cc2cn3cc(F)ccc3n2)Cc2cn3cc(F)ccc3n2)CC1. The van der Waals surface area contributed by atoms with Crippen LogP contribution in [0.15, 0.2) is 70.9 Å². The van der Waals surface area contributed by atoms with E-state index in [9.17, 15) is 22.8 Å². The average molecular weight is 675 g/mol. The minimum absolute atomic E-state index is 0.0530. The molecule has 0 bridgehead atoms. The molecule has 0 atom stereocenters. The van der Waals surface area contributed by atoms with Crippen molar-refractivity contribution in [1.82, 2.24) is 37.8 Å². The van der Waals surface area contributed by atoms with Gasteiger partial charge in [-0.2, -0.15) is 11.8 Å². The number of imidazole rings is 2. The quantitative estimate of drug-likeness (QED) is 0.220. The summed E-state index contributed by atoms with van der Waals surface area (Å²) in [7, 11) is 0. The molecule has 1 saturated heterocycles. The van der Waals surface area contributed by atoms with Crippen LogP contribution in [0.25, 0.3) is 22.3 Å². The summed E-state index contributed by atoms with van der Waals surface area (Å²) in [5, 5.41) is 0.128. The van der Waals surface area contributed by atoms with Crippen LogP contribution in [0.1, 0.15) is 62.0 Å². The summed E-state index contributed by atoms with van der Waals surface area (Å²) >= 11 is 1.84. The number of thioether (sulfide) groups is 1. The Hall–Kier alpha value is -4.43. The summed E-state index contributed by atoms with van der Waals surface area (Å²) in [5.41, 5.74) is 2.15. The fourth-order valence-electron chi connectivity index (χ4n) is 7.40. The number of rotatable bonds is 7. The number of nitrogens with zero attached hydrogens (tertiary/aromatic N) is 8. The van der Waals surface area contributed by atoms with Crippen LogP contribution >= 0.6 is 11.8 Å². The summed E-state index contributed by atoms with van der Waals surface area (Å²) < 4.78 is 48.5. The highest BCUT2D eigenvalue weighted by molar-refractivity contribution is 7.99. The maximum absolute atomic E-state index is 14.4. The van der Waals surface area contributed by atoms with Crippen molar-refractivity contribution in [2.45, 2.75) is 69.7 Å². The van der Waals surface area contributed by atoms with Gasteiger partial charge in [0.2, 0.25) is 0 Å². The third-order valence-electron chi connectivity index (χ3n) is 9.69. The van der Waals surface area contributed by atoms with Gasteiger partial charge in [0.25, 0.3) is 5.56 Å². The first-order valence-corrected chi connectivity index (χ1v) is 17.4. The Balaban J connectivity index is 1.10. The van der Waals surface area contributed by atoms with E-state index in [1.165, 1.54) is 35.2 Å². The number of hydrogen-bond acceptors (Lipinski definition) is 7. The van der Waals surface area contributed by atoms with Gasteiger partial charge >= 0.3 is 5.69 Å². The lowest BCUT2D eigenvalue weighted by Gasteiger charge is -2.37. The lowest BCUT2D eigenvalue weighted by molar-refractivity contribution is 0.118. The van der Waals surface area contributed by atoms with Gasteiger partial charge in [-0.15, -0.1) is 0 Å². The highest BCUT2D eigenvalue weighted by Gasteiger charge is 2.32. The van der Waals surface area contributed by atoms with E-state index in [-0.39, 0.29) is 46.5 Å². The van der Waals surface area contributed by atoms with Crippen molar-refractivity contribution < 1.29 is 13.2 Å². The summed E-state index contributed by atoms with van der Waals surface area (Å²) in [6, 6.07) is 6.81. The van der Waals surface area contributed by atoms with Crippen molar-refractivity contribution in [3.63, 3.8) is 0 Å². The zero-order chi connectivity index (χ0) is 32.9.